The Hall–Kier alpha value is -3.39. The lowest BCUT2D eigenvalue weighted by Gasteiger charge is -2.22. The van der Waals surface area contributed by atoms with Gasteiger partial charge in [-0.15, -0.1) is 0 Å². The van der Waals surface area contributed by atoms with Gasteiger partial charge < -0.3 is 24.8 Å². The van der Waals surface area contributed by atoms with Gasteiger partial charge in [-0.25, -0.2) is 4.79 Å². The number of hydrogen-bond acceptors (Lipinski definition) is 5. The summed E-state index contributed by atoms with van der Waals surface area (Å²) in [6.45, 7) is 5.00. The number of hydrogen-bond donors (Lipinski definition) is 2. The summed E-state index contributed by atoms with van der Waals surface area (Å²) < 4.78 is 11.2. The van der Waals surface area contributed by atoms with E-state index >= 15 is 0 Å². The molecule has 3 atom stereocenters. The highest BCUT2D eigenvalue weighted by atomic mass is 16.5. The molecule has 0 saturated carbocycles. The van der Waals surface area contributed by atoms with Crippen LogP contribution < -0.4 is 5.32 Å². The molecule has 8 heteroatoms. The summed E-state index contributed by atoms with van der Waals surface area (Å²) in [6, 6.07) is 16.3. The van der Waals surface area contributed by atoms with Gasteiger partial charge in [0, 0.05) is 32.2 Å². The fourth-order valence-corrected chi connectivity index (χ4v) is 5.09. The third-order valence-corrected chi connectivity index (χ3v) is 6.90. The highest BCUT2D eigenvalue weighted by molar-refractivity contribution is 5.80. The Morgan fingerprint density at radius 3 is 2.26 bits per heavy atom. The van der Waals surface area contributed by atoms with Crippen molar-refractivity contribution in [2.45, 2.75) is 32.3 Å². The molecule has 1 aliphatic carbocycles. The molecule has 0 aromatic heterocycles. The smallest absolute Gasteiger partial charge is 0.407 e. The third-order valence-electron chi connectivity index (χ3n) is 6.90. The Kier molecular flexibility index (Phi) is 7.70. The van der Waals surface area contributed by atoms with Gasteiger partial charge in [0.05, 0.1) is 18.4 Å². The lowest BCUT2D eigenvalue weighted by atomic mass is 9.98. The molecule has 2 aromatic rings. The molecule has 0 bridgehead atoms. The molecule has 0 radical (unpaired) electrons. The number of nitrogens with one attached hydrogen (secondary N) is 1. The summed E-state index contributed by atoms with van der Waals surface area (Å²) in [5.41, 5.74) is 4.60. The van der Waals surface area contributed by atoms with Crippen LogP contribution in [0.4, 0.5) is 4.79 Å². The molecule has 1 fully saturated rings. The maximum atomic E-state index is 12.7. The van der Waals surface area contributed by atoms with Crippen LogP contribution in [0, 0.1) is 11.8 Å². The summed E-state index contributed by atoms with van der Waals surface area (Å²) >= 11 is 0. The molecule has 2 aliphatic rings. The van der Waals surface area contributed by atoms with Crippen LogP contribution in [0.5, 0.6) is 0 Å². The molecule has 8 nitrogen and oxygen atoms in total. The monoisotopic (exact) mass is 480 g/mol. The van der Waals surface area contributed by atoms with Crippen LogP contribution in [0.2, 0.25) is 0 Å². The highest BCUT2D eigenvalue weighted by Gasteiger charge is 2.37. The standard InChI is InChI=1S/C27H32N2O6/c1-3-34-18(12-25(30)29-14-17(2)23(15-29)26(31)32)13-28-27(33)35-16-24-21-10-6-4-8-19(21)20-9-5-7-11-22(20)24/h4-11,17-18,23-24H,3,12-16H2,1-2H3,(H,28,33)(H,31,32)/t17-,18?,23-/m0/s1. The Labute approximate surface area is 205 Å². The number of fused-ring (bicyclic) bond motifs is 3. The minimum Gasteiger partial charge on any atom is -0.481 e. The molecule has 186 valence electrons. The fourth-order valence-electron chi connectivity index (χ4n) is 5.09. The molecular formula is C27H32N2O6. The first-order chi connectivity index (χ1) is 16.9. The van der Waals surface area contributed by atoms with Crippen LogP contribution in [0.1, 0.15) is 37.3 Å². The largest absolute Gasteiger partial charge is 0.481 e. The Morgan fingerprint density at radius 1 is 1.06 bits per heavy atom. The molecule has 1 unspecified atom stereocenters. The first-order valence-electron chi connectivity index (χ1n) is 12.1. The molecule has 1 saturated heterocycles. The van der Waals surface area contributed by atoms with E-state index in [9.17, 15) is 19.5 Å². The second-order valence-corrected chi connectivity index (χ2v) is 9.21. The zero-order valence-electron chi connectivity index (χ0n) is 20.1. The number of carboxylic acids is 1. The predicted octanol–water partition coefficient (Wildman–Crippen LogP) is 3.50. The summed E-state index contributed by atoms with van der Waals surface area (Å²) in [7, 11) is 0. The Morgan fingerprint density at radius 2 is 1.69 bits per heavy atom. The molecule has 1 heterocycles. The maximum absolute atomic E-state index is 12.7. The van der Waals surface area contributed by atoms with Gasteiger partial charge in [-0.05, 0) is 35.1 Å². The first-order valence-corrected chi connectivity index (χ1v) is 12.1. The average molecular weight is 481 g/mol. The first kappa shape index (κ1) is 24.7. The van der Waals surface area contributed by atoms with Crippen molar-refractivity contribution in [3.05, 3.63) is 59.7 Å². The van der Waals surface area contributed by atoms with E-state index in [-0.39, 0.29) is 43.9 Å². The maximum Gasteiger partial charge on any atom is 0.407 e. The second kappa shape index (κ2) is 10.9. The summed E-state index contributed by atoms with van der Waals surface area (Å²) in [5.74, 6) is -1.74. The van der Waals surface area contributed by atoms with Crippen LogP contribution in [0.15, 0.2) is 48.5 Å². The topological polar surface area (TPSA) is 105 Å². The van der Waals surface area contributed by atoms with E-state index in [0.29, 0.717) is 13.2 Å². The quantitative estimate of drug-likeness (QED) is 0.569. The van der Waals surface area contributed by atoms with E-state index in [1.807, 2.05) is 38.1 Å². The average Bonchev–Trinajstić information content (AvgIpc) is 3.40. The van der Waals surface area contributed by atoms with Crippen molar-refractivity contribution >= 4 is 18.0 Å². The number of rotatable bonds is 9. The zero-order chi connectivity index (χ0) is 24.9. The molecule has 0 spiro atoms. The third kappa shape index (κ3) is 5.48. The number of nitrogens with zero attached hydrogens (tertiary/aromatic N) is 1. The van der Waals surface area contributed by atoms with Crippen LogP contribution >= 0.6 is 0 Å². The number of likely N-dealkylation sites (tertiary alicyclic amines) is 1. The van der Waals surface area contributed by atoms with Gasteiger partial charge in [0.1, 0.15) is 6.61 Å². The fraction of sp³-hybridized carbons (Fsp3) is 0.444. The number of carbonyl (C=O) groups is 3. The van der Waals surface area contributed by atoms with Crippen molar-refractivity contribution in [2.75, 3.05) is 32.8 Å². The van der Waals surface area contributed by atoms with E-state index in [2.05, 4.69) is 29.6 Å². The molecule has 1 aliphatic heterocycles. The van der Waals surface area contributed by atoms with Gasteiger partial charge in [-0.2, -0.15) is 0 Å². The normalized spacial score (nSPS) is 19.7. The van der Waals surface area contributed by atoms with Crippen LogP contribution in [0.3, 0.4) is 0 Å². The van der Waals surface area contributed by atoms with Crippen molar-refractivity contribution in [3.63, 3.8) is 0 Å². The van der Waals surface area contributed by atoms with Crippen LogP contribution in [0.25, 0.3) is 11.1 Å². The lowest BCUT2D eigenvalue weighted by Crippen LogP contribution is -2.39. The van der Waals surface area contributed by atoms with E-state index in [4.69, 9.17) is 9.47 Å². The van der Waals surface area contributed by atoms with Gasteiger partial charge >= 0.3 is 12.1 Å². The molecule has 2 aromatic carbocycles. The van der Waals surface area contributed by atoms with E-state index < -0.39 is 24.1 Å². The number of benzene rings is 2. The van der Waals surface area contributed by atoms with Crippen molar-refractivity contribution < 1.29 is 29.0 Å². The van der Waals surface area contributed by atoms with Gasteiger partial charge in [0.2, 0.25) is 5.91 Å². The number of carbonyl (C=O) groups excluding carboxylic acids is 2. The number of ether oxygens (including phenoxy) is 2. The van der Waals surface area contributed by atoms with Crippen LogP contribution in [-0.2, 0) is 19.1 Å². The zero-order valence-corrected chi connectivity index (χ0v) is 20.1. The molecule has 2 amide bonds. The minimum atomic E-state index is -0.883. The molecule has 35 heavy (non-hydrogen) atoms. The van der Waals surface area contributed by atoms with E-state index in [0.717, 1.165) is 22.3 Å². The Balaban J connectivity index is 1.29. The Bertz CT molecular complexity index is 1040. The molecule has 2 N–H and O–H groups in total. The number of amides is 2. The summed E-state index contributed by atoms with van der Waals surface area (Å²) in [6.07, 6.45) is -1.02. The van der Waals surface area contributed by atoms with Gasteiger partial charge in [-0.3, -0.25) is 9.59 Å². The van der Waals surface area contributed by atoms with Crippen molar-refractivity contribution in [1.29, 1.82) is 0 Å². The second-order valence-electron chi connectivity index (χ2n) is 9.21. The highest BCUT2D eigenvalue weighted by Crippen LogP contribution is 2.44. The van der Waals surface area contributed by atoms with Crippen molar-refractivity contribution in [1.82, 2.24) is 10.2 Å². The molecular weight excluding hydrogens is 448 g/mol. The molecule has 4 rings (SSSR count). The van der Waals surface area contributed by atoms with Crippen molar-refractivity contribution in [2.24, 2.45) is 11.8 Å². The van der Waals surface area contributed by atoms with Crippen molar-refractivity contribution in [3.8, 4) is 11.1 Å². The number of carboxylic acid groups (broad SMARTS) is 1. The van der Waals surface area contributed by atoms with Gasteiger partial charge in [-0.1, -0.05) is 55.5 Å². The minimum absolute atomic E-state index is 0.0308. The summed E-state index contributed by atoms with van der Waals surface area (Å²) in [4.78, 5) is 38.1. The van der Waals surface area contributed by atoms with E-state index in [1.165, 1.54) is 0 Å². The van der Waals surface area contributed by atoms with Gasteiger partial charge in [0.25, 0.3) is 0 Å². The lowest BCUT2D eigenvalue weighted by molar-refractivity contribution is -0.142. The van der Waals surface area contributed by atoms with Gasteiger partial charge in [0.15, 0.2) is 0 Å². The SMILES string of the molecule is CCOC(CNC(=O)OCC1c2ccccc2-c2ccccc21)CC(=O)N1C[C@H](C(=O)O)[C@@H](C)C1. The van der Waals surface area contributed by atoms with Crippen LogP contribution in [-0.4, -0.2) is 66.9 Å². The number of aliphatic carboxylic acids is 1. The summed E-state index contributed by atoms with van der Waals surface area (Å²) in [5, 5.41) is 12.0. The predicted molar refractivity (Wildman–Crippen MR) is 130 cm³/mol. The number of alkyl carbamates (subject to hydrolysis) is 1. The van der Waals surface area contributed by atoms with E-state index in [1.54, 1.807) is 4.90 Å².